The van der Waals surface area contributed by atoms with Crippen molar-refractivity contribution in [2.45, 2.75) is 19.8 Å². The molecule has 1 atom stereocenters. The van der Waals surface area contributed by atoms with Gasteiger partial charge in [0, 0.05) is 32.6 Å². The van der Waals surface area contributed by atoms with Gasteiger partial charge in [0.1, 0.15) is 0 Å². The van der Waals surface area contributed by atoms with Crippen LogP contribution >= 0.6 is 0 Å². The van der Waals surface area contributed by atoms with Crippen molar-refractivity contribution in [2.75, 3.05) is 39.8 Å². The van der Waals surface area contributed by atoms with E-state index in [4.69, 9.17) is 0 Å². The number of amides is 2. The lowest BCUT2D eigenvalue weighted by molar-refractivity contribution is -0.129. The molecule has 1 aromatic carbocycles. The molecule has 1 fully saturated rings. The fraction of sp³-hybridized carbons (Fsp3) is 0.556. The Morgan fingerprint density at radius 1 is 1.35 bits per heavy atom. The molecule has 1 aromatic rings. The maximum atomic E-state index is 12.2. The van der Waals surface area contributed by atoms with Crippen molar-refractivity contribution < 1.29 is 9.59 Å². The Bertz CT molecular complexity index is 518. The number of likely N-dealkylation sites (tertiary alicyclic amines) is 1. The smallest absolute Gasteiger partial charge is 0.225 e. The zero-order valence-corrected chi connectivity index (χ0v) is 14.1. The zero-order chi connectivity index (χ0) is 16.7. The lowest BCUT2D eigenvalue weighted by atomic mass is 10.1. The number of likely N-dealkylation sites (N-methyl/N-ethyl adjacent to an activating group) is 1. The maximum Gasteiger partial charge on any atom is 0.225 e. The van der Waals surface area contributed by atoms with Crippen molar-refractivity contribution in [2.24, 2.45) is 5.92 Å². The first-order valence-electron chi connectivity index (χ1n) is 8.38. The van der Waals surface area contributed by atoms with Gasteiger partial charge in [0.05, 0.1) is 5.92 Å². The summed E-state index contributed by atoms with van der Waals surface area (Å²) in [6.07, 6.45) is 1.17. The van der Waals surface area contributed by atoms with Crippen molar-refractivity contribution in [1.29, 1.82) is 0 Å². The van der Waals surface area contributed by atoms with Crippen molar-refractivity contribution >= 4 is 11.8 Å². The van der Waals surface area contributed by atoms with Gasteiger partial charge in [0.2, 0.25) is 11.8 Å². The van der Waals surface area contributed by atoms with Crippen molar-refractivity contribution in [3.63, 3.8) is 0 Å². The van der Waals surface area contributed by atoms with Crippen LogP contribution in [-0.2, 0) is 16.0 Å². The molecule has 0 saturated carbocycles. The van der Waals surface area contributed by atoms with E-state index in [1.54, 1.807) is 0 Å². The summed E-state index contributed by atoms with van der Waals surface area (Å²) in [4.78, 5) is 28.2. The van der Waals surface area contributed by atoms with E-state index in [9.17, 15) is 9.59 Å². The largest absolute Gasteiger partial charge is 0.355 e. The van der Waals surface area contributed by atoms with Gasteiger partial charge < -0.3 is 15.1 Å². The molecular weight excluding hydrogens is 290 g/mol. The highest BCUT2D eigenvalue weighted by Crippen LogP contribution is 2.18. The summed E-state index contributed by atoms with van der Waals surface area (Å²) in [5.74, 6) is -0.109. The Labute approximate surface area is 138 Å². The van der Waals surface area contributed by atoms with Gasteiger partial charge in [-0.3, -0.25) is 9.59 Å². The van der Waals surface area contributed by atoms with Gasteiger partial charge in [-0.15, -0.1) is 0 Å². The van der Waals surface area contributed by atoms with E-state index in [1.165, 1.54) is 5.56 Å². The molecule has 1 aliphatic rings. The van der Waals surface area contributed by atoms with Crippen LogP contribution < -0.4 is 5.32 Å². The summed E-state index contributed by atoms with van der Waals surface area (Å²) in [5.41, 5.74) is 1.22. The Morgan fingerprint density at radius 2 is 2.09 bits per heavy atom. The molecule has 0 aromatic heterocycles. The zero-order valence-electron chi connectivity index (χ0n) is 14.1. The van der Waals surface area contributed by atoms with Crippen LogP contribution in [-0.4, -0.2) is 61.4 Å². The molecule has 2 amide bonds. The quantitative estimate of drug-likeness (QED) is 0.782. The van der Waals surface area contributed by atoms with E-state index in [0.717, 1.165) is 19.5 Å². The molecule has 1 N–H and O–H groups in total. The van der Waals surface area contributed by atoms with Crippen LogP contribution in [0.4, 0.5) is 0 Å². The molecule has 1 aliphatic heterocycles. The number of benzene rings is 1. The van der Waals surface area contributed by atoms with Crippen molar-refractivity contribution in [3.05, 3.63) is 35.9 Å². The molecule has 1 heterocycles. The second kappa shape index (κ2) is 8.67. The molecule has 5 heteroatoms. The Morgan fingerprint density at radius 3 is 2.78 bits per heavy atom. The summed E-state index contributed by atoms with van der Waals surface area (Å²) in [5, 5.41) is 2.95. The molecule has 0 bridgehead atoms. The van der Waals surface area contributed by atoms with Gasteiger partial charge in [0.25, 0.3) is 0 Å². The minimum Gasteiger partial charge on any atom is -0.355 e. The third-order valence-corrected chi connectivity index (χ3v) is 4.43. The number of rotatable bonds is 8. The first-order chi connectivity index (χ1) is 11.1. The van der Waals surface area contributed by atoms with E-state index < -0.39 is 0 Å². The third kappa shape index (κ3) is 5.36. The Kier molecular flexibility index (Phi) is 6.59. The molecule has 0 unspecified atom stereocenters. The maximum absolute atomic E-state index is 12.2. The van der Waals surface area contributed by atoms with Gasteiger partial charge >= 0.3 is 0 Å². The van der Waals surface area contributed by atoms with E-state index in [-0.39, 0.29) is 17.7 Å². The molecule has 0 spiro atoms. The van der Waals surface area contributed by atoms with Gasteiger partial charge in [-0.1, -0.05) is 37.3 Å². The fourth-order valence-electron chi connectivity index (χ4n) is 2.75. The number of hydrogen-bond donors (Lipinski definition) is 1. The van der Waals surface area contributed by atoms with Gasteiger partial charge in [-0.25, -0.2) is 0 Å². The van der Waals surface area contributed by atoms with Crippen LogP contribution in [0.5, 0.6) is 0 Å². The lowest BCUT2D eigenvalue weighted by Crippen LogP contribution is -2.37. The van der Waals surface area contributed by atoms with Gasteiger partial charge in [0.15, 0.2) is 0 Å². The second-order valence-electron chi connectivity index (χ2n) is 6.16. The highest BCUT2D eigenvalue weighted by molar-refractivity contribution is 5.89. The predicted molar refractivity (Wildman–Crippen MR) is 91.0 cm³/mol. The number of carbonyl (C=O) groups is 2. The number of nitrogens with zero attached hydrogens (tertiary/aromatic N) is 2. The molecule has 126 valence electrons. The third-order valence-electron chi connectivity index (χ3n) is 4.43. The predicted octanol–water partition coefficient (Wildman–Crippen LogP) is 1.15. The van der Waals surface area contributed by atoms with Crippen molar-refractivity contribution in [3.8, 4) is 0 Å². The summed E-state index contributed by atoms with van der Waals surface area (Å²) in [7, 11) is 2.02. The van der Waals surface area contributed by atoms with Gasteiger partial charge in [-0.05, 0) is 25.6 Å². The molecule has 2 rings (SSSR count). The molecule has 0 radical (unpaired) electrons. The number of nitrogens with one attached hydrogen (secondary N) is 1. The molecule has 1 saturated heterocycles. The van der Waals surface area contributed by atoms with Gasteiger partial charge in [-0.2, -0.15) is 0 Å². The van der Waals surface area contributed by atoms with Crippen LogP contribution in [0.1, 0.15) is 18.9 Å². The first kappa shape index (κ1) is 17.5. The standard InChI is InChI=1S/C18H27N3O2/c1-3-20(2)12-10-19-18(23)16-13-17(22)21(14-16)11-9-15-7-5-4-6-8-15/h4-8,16H,3,9-14H2,1-2H3,(H,19,23)/t16-/m1/s1. The highest BCUT2D eigenvalue weighted by atomic mass is 16.2. The first-order valence-corrected chi connectivity index (χ1v) is 8.38. The summed E-state index contributed by atoms with van der Waals surface area (Å²) < 4.78 is 0. The van der Waals surface area contributed by atoms with E-state index in [0.29, 0.717) is 26.1 Å². The monoisotopic (exact) mass is 317 g/mol. The summed E-state index contributed by atoms with van der Waals surface area (Å²) >= 11 is 0. The van der Waals surface area contributed by atoms with E-state index in [2.05, 4.69) is 29.3 Å². The molecule has 23 heavy (non-hydrogen) atoms. The average Bonchev–Trinajstić information content (AvgIpc) is 2.94. The molecular formula is C18H27N3O2. The van der Waals surface area contributed by atoms with E-state index >= 15 is 0 Å². The fourth-order valence-corrected chi connectivity index (χ4v) is 2.75. The minimum atomic E-state index is -0.204. The Hall–Kier alpha value is -1.88. The number of carbonyl (C=O) groups excluding carboxylic acids is 2. The van der Waals surface area contributed by atoms with E-state index in [1.807, 2.05) is 30.1 Å². The summed E-state index contributed by atoms with van der Waals surface area (Å²) in [6, 6.07) is 10.1. The SMILES string of the molecule is CCN(C)CCNC(=O)[C@@H]1CC(=O)N(CCc2ccccc2)C1. The lowest BCUT2D eigenvalue weighted by Gasteiger charge is -2.17. The normalized spacial score (nSPS) is 17.8. The molecule has 5 nitrogen and oxygen atoms in total. The Balaban J connectivity index is 1.74. The van der Waals surface area contributed by atoms with Crippen LogP contribution in [0.25, 0.3) is 0 Å². The highest BCUT2D eigenvalue weighted by Gasteiger charge is 2.33. The molecule has 0 aliphatic carbocycles. The number of hydrogen-bond acceptors (Lipinski definition) is 3. The topological polar surface area (TPSA) is 52.7 Å². The van der Waals surface area contributed by atoms with Crippen LogP contribution in [0.2, 0.25) is 0 Å². The van der Waals surface area contributed by atoms with Crippen LogP contribution in [0, 0.1) is 5.92 Å². The van der Waals surface area contributed by atoms with Crippen LogP contribution in [0.15, 0.2) is 30.3 Å². The second-order valence-corrected chi connectivity index (χ2v) is 6.16. The summed E-state index contributed by atoms with van der Waals surface area (Å²) in [6.45, 7) is 5.75. The van der Waals surface area contributed by atoms with Crippen LogP contribution in [0.3, 0.4) is 0 Å². The minimum absolute atomic E-state index is 0.00469. The van der Waals surface area contributed by atoms with Crippen molar-refractivity contribution in [1.82, 2.24) is 15.1 Å². The average molecular weight is 317 g/mol.